The molecule has 0 unspecified atom stereocenters. The molecular weight excluding hydrogens is 299 g/mol. The molecule has 2 rings (SSSR count). The Hall–Kier alpha value is -1.90. The number of rotatable bonds is 7. The van der Waals surface area contributed by atoms with Gasteiger partial charge in [-0.3, -0.25) is 0 Å². The van der Waals surface area contributed by atoms with Crippen molar-refractivity contribution in [2.24, 2.45) is 0 Å². The van der Waals surface area contributed by atoms with Crippen LogP contribution >= 0.6 is 0 Å². The summed E-state index contributed by atoms with van der Waals surface area (Å²) in [6.07, 6.45) is 3.62. The third kappa shape index (κ3) is 4.56. The first-order chi connectivity index (χ1) is 11.3. The largest absolute Gasteiger partial charge is 0.359 e. The molecule has 0 aliphatic rings. The molecule has 1 aromatic heterocycles. The highest BCUT2D eigenvalue weighted by atomic mass is 19.1. The molecule has 1 heterocycles. The summed E-state index contributed by atoms with van der Waals surface area (Å²) >= 11 is 0. The van der Waals surface area contributed by atoms with Gasteiger partial charge in [0.05, 0.1) is 5.69 Å². The molecule has 0 aliphatic carbocycles. The molecule has 0 saturated carbocycles. The zero-order valence-electron chi connectivity index (χ0n) is 15.6. The van der Waals surface area contributed by atoms with E-state index in [0.717, 1.165) is 23.6 Å². The predicted octanol–water partition coefficient (Wildman–Crippen LogP) is 5.89. The Morgan fingerprint density at radius 2 is 1.88 bits per heavy atom. The third-order valence-corrected chi connectivity index (χ3v) is 4.37. The number of halogens is 1. The van der Waals surface area contributed by atoms with Crippen molar-refractivity contribution in [2.75, 3.05) is 18.5 Å². The molecule has 0 N–H and O–H groups in total. The first kappa shape index (κ1) is 18.4. The minimum absolute atomic E-state index is 0.681. The molecule has 0 saturated heterocycles. The van der Waals surface area contributed by atoms with Crippen LogP contribution in [0.2, 0.25) is 0 Å². The van der Waals surface area contributed by atoms with E-state index < -0.39 is 5.67 Å². The monoisotopic (exact) mass is 328 g/mol. The van der Waals surface area contributed by atoms with Gasteiger partial charge in [0.1, 0.15) is 11.5 Å². The van der Waals surface area contributed by atoms with Crippen LogP contribution in [0.25, 0.3) is 11.3 Å². The lowest BCUT2D eigenvalue weighted by Gasteiger charge is -2.21. The van der Waals surface area contributed by atoms with Crippen molar-refractivity contribution in [1.29, 1.82) is 0 Å². The van der Waals surface area contributed by atoms with Crippen LogP contribution < -0.4 is 4.90 Å². The highest BCUT2D eigenvalue weighted by Crippen LogP contribution is 2.29. The molecule has 24 heavy (non-hydrogen) atoms. The maximum Gasteiger partial charge on any atom is 0.131 e. The summed E-state index contributed by atoms with van der Waals surface area (Å²) in [5.41, 5.74) is 2.35. The van der Waals surface area contributed by atoms with Crippen LogP contribution in [0.5, 0.6) is 0 Å². The SMILES string of the molecule is CCCCCN(C)c1nc(-c2cccc(C(C)(C)F)c2)ccc1C. The van der Waals surface area contributed by atoms with Gasteiger partial charge in [0.15, 0.2) is 0 Å². The van der Waals surface area contributed by atoms with E-state index in [0.29, 0.717) is 5.56 Å². The summed E-state index contributed by atoms with van der Waals surface area (Å²) < 4.78 is 14.2. The van der Waals surface area contributed by atoms with E-state index in [-0.39, 0.29) is 0 Å². The van der Waals surface area contributed by atoms with Gasteiger partial charge in [0.25, 0.3) is 0 Å². The van der Waals surface area contributed by atoms with Crippen LogP contribution in [0.3, 0.4) is 0 Å². The minimum Gasteiger partial charge on any atom is -0.359 e. The standard InChI is InChI=1S/C21H29FN2/c1-6-7-8-14-24(5)20-16(2)12-13-19(23-20)17-10-9-11-18(15-17)21(3,4)22/h9-13,15H,6-8,14H2,1-5H3. The maximum absolute atomic E-state index is 14.2. The maximum atomic E-state index is 14.2. The number of benzene rings is 1. The second kappa shape index (κ2) is 7.78. The zero-order valence-corrected chi connectivity index (χ0v) is 15.6. The zero-order chi connectivity index (χ0) is 17.7. The van der Waals surface area contributed by atoms with Crippen molar-refractivity contribution >= 4 is 5.82 Å². The Morgan fingerprint density at radius 3 is 2.54 bits per heavy atom. The summed E-state index contributed by atoms with van der Waals surface area (Å²) in [5, 5.41) is 0. The Balaban J connectivity index is 2.31. The van der Waals surface area contributed by atoms with Gasteiger partial charge in [0.2, 0.25) is 0 Å². The molecule has 0 aliphatic heterocycles. The first-order valence-corrected chi connectivity index (χ1v) is 8.81. The van der Waals surface area contributed by atoms with Gasteiger partial charge in [0, 0.05) is 19.2 Å². The predicted molar refractivity (Wildman–Crippen MR) is 101 cm³/mol. The molecule has 0 radical (unpaired) electrons. The molecule has 1 aromatic carbocycles. The topological polar surface area (TPSA) is 16.1 Å². The second-order valence-electron chi connectivity index (χ2n) is 7.02. The number of anilines is 1. The van der Waals surface area contributed by atoms with Crippen molar-refractivity contribution < 1.29 is 4.39 Å². The average Bonchev–Trinajstić information content (AvgIpc) is 2.54. The van der Waals surface area contributed by atoms with E-state index >= 15 is 0 Å². The Morgan fingerprint density at radius 1 is 1.12 bits per heavy atom. The second-order valence-corrected chi connectivity index (χ2v) is 7.02. The van der Waals surface area contributed by atoms with Gasteiger partial charge in [-0.2, -0.15) is 0 Å². The van der Waals surface area contributed by atoms with E-state index in [1.165, 1.54) is 24.8 Å². The number of aromatic nitrogens is 1. The lowest BCUT2D eigenvalue weighted by Crippen LogP contribution is -2.20. The van der Waals surface area contributed by atoms with E-state index in [1.54, 1.807) is 13.8 Å². The Bertz CT molecular complexity index is 674. The van der Waals surface area contributed by atoms with Crippen molar-refractivity contribution in [3.05, 3.63) is 47.5 Å². The van der Waals surface area contributed by atoms with Crippen molar-refractivity contribution in [1.82, 2.24) is 4.98 Å². The van der Waals surface area contributed by atoms with E-state index in [1.807, 2.05) is 30.3 Å². The highest BCUT2D eigenvalue weighted by Gasteiger charge is 2.19. The van der Waals surface area contributed by atoms with Crippen molar-refractivity contribution in [2.45, 2.75) is 52.6 Å². The fourth-order valence-electron chi connectivity index (χ4n) is 2.82. The van der Waals surface area contributed by atoms with Gasteiger partial charge >= 0.3 is 0 Å². The van der Waals surface area contributed by atoms with Crippen LogP contribution in [0.4, 0.5) is 10.2 Å². The molecular formula is C21H29FN2. The molecule has 130 valence electrons. The van der Waals surface area contributed by atoms with E-state index in [9.17, 15) is 4.39 Å². The van der Waals surface area contributed by atoms with Crippen LogP contribution in [0, 0.1) is 6.92 Å². The van der Waals surface area contributed by atoms with Crippen LogP contribution in [0.15, 0.2) is 36.4 Å². The molecule has 0 fully saturated rings. The minimum atomic E-state index is -1.35. The Kier molecular flexibility index (Phi) is 5.98. The van der Waals surface area contributed by atoms with Gasteiger partial charge in [-0.1, -0.05) is 44.0 Å². The Labute approximate surface area is 145 Å². The summed E-state index contributed by atoms with van der Waals surface area (Å²) in [7, 11) is 2.09. The van der Waals surface area contributed by atoms with Gasteiger partial charge < -0.3 is 4.90 Å². The highest BCUT2D eigenvalue weighted by molar-refractivity contribution is 5.64. The van der Waals surface area contributed by atoms with E-state index in [2.05, 4.69) is 31.9 Å². The normalized spacial score (nSPS) is 11.6. The molecule has 0 spiro atoms. The quantitative estimate of drug-likeness (QED) is 0.589. The van der Waals surface area contributed by atoms with Crippen molar-refractivity contribution in [3.8, 4) is 11.3 Å². The van der Waals surface area contributed by atoms with Gasteiger partial charge in [-0.15, -0.1) is 0 Å². The smallest absolute Gasteiger partial charge is 0.131 e. The number of hydrogen-bond acceptors (Lipinski definition) is 2. The number of pyridine rings is 1. The van der Waals surface area contributed by atoms with Crippen LogP contribution in [-0.4, -0.2) is 18.6 Å². The van der Waals surface area contributed by atoms with Crippen LogP contribution in [-0.2, 0) is 5.67 Å². The van der Waals surface area contributed by atoms with Gasteiger partial charge in [-0.05, 0) is 50.5 Å². The molecule has 2 nitrogen and oxygen atoms in total. The fourth-order valence-corrected chi connectivity index (χ4v) is 2.82. The number of alkyl halides is 1. The summed E-state index contributed by atoms with van der Waals surface area (Å²) in [6.45, 7) is 8.47. The lowest BCUT2D eigenvalue weighted by atomic mass is 9.97. The summed E-state index contributed by atoms with van der Waals surface area (Å²) in [4.78, 5) is 7.07. The molecule has 3 heteroatoms. The van der Waals surface area contributed by atoms with Crippen molar-refractivity contribution in [3.63, 3.8) is 0 Å². The molecule has 0 amide bonds. The summed E-state index contributed by atoms with van der Waals surface area (Å²) in [5.74, 6) is 1.01. The summed E-state index contributed by atoms with van der Waals surface area (Å²) in [6, 6.07) is 11.7. The lowest BCUT2D eigenvalue weighted by molar-refractivity contribution is 0.221. The number of hydrogen-bond donors (Lipinski definition) is 0. The molecule has 0 bridgehead atoms. The fraction of sp³-hybridized carbons (Fsp3) is 0.476. The van der Waals surface area contributed by atoms with E-state index in [4.69, 9.17) is 4.98 Å². The first-order valence-electron chi connectivity index (χ1n) is 8.81. The third-order valence-electron chi connectivity index (χ3n) is 4.37. The number of aryl methyl sites for hydroxylation is 1. The van der Waals surface area contributed by atoms with Crippen LogP contribution in [0.1, 0.15) is 51.2 Å². The number of nitrogens with zero attached hydrogens (tertiary/aromatic N) is 2. The molecule has 0 atom stereocenters. The number of unbranched alkanes of at least 4 members (excludes halogenated alkanes) is 2. The van der Waals surface area contributed by atoms with Gasteiger partial charge in [-0.25, -0.2) is 9.37 Å². The molecule has 2 aromatic rings. The average molecular weight is 328 g/mol.